The average Bonchev–Trinajstić information content (AvgIpc) is 2.87. The normalized spacial score (nSPS) is 10.8. The van der Waals surface area contributed by atoms with Crippen molar-refractivity contribution >= 4 is 17.1 Å². The Morgan fingerprint density at radius 3 is 2.82 bits per heavy atom. The number of carbonyl (C=O) groups is 1. The summed E-state index contributed by atoms with van der Waals surface area (Å²) in [6.45, 7) is 6.94. The summed E-state index contributed by atoms with van der Waals surface area (Å²) in [6, 6.07) is 3.76. The monoisotopic (exact) mass is 248 g/mol. The first-order valence-electron chi connectivity index (χ1n) is 5.77. The molecule has 3 nitrogen and oxygen atoms in total. The number of hydrogen-bond acceptors (Lipinski definition) is 3. The third-order valence-electron chi connectivity index (χ3n) is 2.77. The first-order chi connectivity index (χ1) is 8.13. The Morgan fingerprint density at radius 2 is 2.24 bits per heavy atom. The lowest BCUT2D eigenvalue weighted by atomic mass is 10.2. The van der Waals surface area contributed by atoms with Gasteiger partial charge in [0.2, 0.25) is 5.78 Å². The standard InChI is InChI=1S/C13H16N2OS/c1-4-7-15-11(5-6-14-15)13(16)12-8-9(2)10(3)17-12/h5-6,8H,4,7H2,1-3H3. The van der Waals surface area contributed by atoms with Crippen molar-refractivity contribution in [2.45, 2.75) is 33.7 Å². The minimum atomic E-state index is 0.0807. The van der Waals surface area contributed by atoms with E-state index in [0.717, 1.165) is 17.8 Å². The predicted molar refractivity (Wildman–Crippen MR) is 69.7 cm³/mol. The van der Waals surface area contributed by atoms with Crippen molar-refractivity contribution in [1.29, 1.82) is 0 Å². The minimum absolute atomic E-state index is 0.0807. The lowest BCUT2D eigenvalue weighted by molar-refractivity contribution is 0.103. The molecule has 2 aromatic rings. The number of ketones is 1. The first kappa shape index (κ1) is 12.0. The number of hydrogen-bond donors (Lipinski definition) is 0. The van der Waals surface area contributed by atoms with Crippen LogP contribution in [0.3, 0.4) is 0 Å². The van der Waals surface area contributed by atoms with Gasteiger partial charge in [0, 0.05) is 17.6 Å². The van der Waals surface area contributed by atoms with Crippen LogP contribution in [0.25, 0.3) is 0 Å². The van der Waals surface area contributed by atoms with Crippen LogP contribution in [0.2, 0.25) is 0 Å². The van der Waals surface area contributed by atoms with E-state index in [1.165, 1.54) is 10.4 Å². The second-order valence-corrected chi connectivity index (χ2v) is 5.37. The van der Waals surface area contributed by atoms with E-state index in [0.29, 0.717) is 5.69 Å². The van der Waals surface area contributed by atoms with Gasteiger partial charge in [-0.25, -0.2) is 0 Å². The van der Waals surface area contributed by atoms with Crippen LogP contribution in [0.15, 0.2) is 18.3 Å². The van der Waals surface area contributed by atoms with Gasteiger partial charge >= 0.3 is 0 Å². The topological polar surface area (TPSA) is 34.9 Å². The molecule has 17 heavy (non-hydrogen) atoms. The quantitative estimate of drug-likeness (QED) is 0.779. The molecule has 0 N–H and O–H groups in total. The van der Waals surface area contributed by atoms with E-state index < -0.39 is 0 Å². The molecule has 0 spiro atoms. The summed E-state index contributed by atoms with van der Waals surface area (Å²) in [5.41, 5.74) is 1.87. The summed E-state index contributed by atoms with van der Waals surface area (Å²) in [4.78, 5) is 14.3. The zero-order valence-electron chi connectivity index (χ0n) is 10.4. The summed E-state index contributed by atoms with van der Waals surface area (Å²) >= 11 is 1.56. The third kappa shape index (κ3) is 2.31. The summed E-state index contributed by atoms with van der Waals surface area (Å²) in [5, 5.41) is 4.18. The Kier molecular flexibility index (Phi) is 3.43. The van der Waals surface area contributed by atoms with E-state index in [4.69, 9.17) is 0 Å². The molecule has 0 unspecified atom stereocenters. The molecule has 2 heterocycles. The van der Waals surface area contributed by atoms with Crippen LogP contribution in [0.1, 0.15) is 39.2 Å². The van der Waals surface area contributed by atoms with Crippen LogP contribution in [-0.4, -0.2) is 15.6 Å². The van der Waals surface area contributed by atoms with Gasteiger partial charge in [0.05, 0.1) is 4.88 Å². The van der Waals surface area contributed by atoms with Crippen LogP contribution in [0, 0.1) is 13.8 Å². The highest BCUT2D eigenvalue weighted by Crippen LogP contribution is 2.23. The Morgan fingerprint density at radius 1 is 1.47 bits per heavy atom. The van der Waals surface area contributed by atoms with Crippen LogP contribution < -0.4 is 0 Å². The fourth-order valence-electron chi connectivity index (χ4n) is 1.73. The number of aromatic nitrogens is 2. The van der Waals surface area contributed by atoms with Crippen molar-refractivity contribution in [3.8, 4) is 0 Å². The minimum Gasteiger partial charge on any atom is -0.286 e. The highest BCUT2D eigenvalue weighted by molar-refractivity contribution is 7.14. The maximum absolute atomic E-state index is 12.3. The van der Waals surface area contributed by atoms with Gasteiger partial charge in [-0.2, -0.15) is 5.10 Å². The summed E-state index contributed by atoms with van der Waals surface area (Å²) in [5.74, 6) is 0.0807. The van der Waals surface area contributed by atoms with Gasteiger partial charge in [-0.05, 0) is 38.0 Å². The number of aryl methyl sites for hydroxylation is 3. The largest absolute Gasteiger partial charge is 0.286 e. The van der Waals surface area contributed by atoms with Gasteiger partial charge in [-0.1, -0.05) is 6.92 Å². The molecule has 0 atom stereocenters. The molecule has 2 aromatic heterocycles. The van der Waals surface area contributed by atoms with Crippen molar-refractivity contribution in [1.82, 2.24) is 9.78 Å². The molecule has 0 bridgehead atoms. The zero-order valence-corrected chi connectivity index (χ0v) is 11.2. The van der Waals surface area contributed by atoms with Gasteiger partial charge in [-0.3, -0.25) is 9.48 Å². The maximum Gasteiger partial charge on any atom is 0.220 e. The number of rotatable bonds is 4. The molecule has 0 fully saturated rings. The summed E-state index contributed by atoms with van der Waals surface area (Å²) in [7, 11) is 0. The first-order valence-corrected chi connectivity index (χ1v) is 6.58. The van der Waals surface area contributed by atoms with E-state index in [1.54, 1.807) is 28.3 Å². The number of thiophene rings is 1. The predicted octanol–water partition coefficient (Wildman–Crippen LogP) is 3.20. The van der Waals surface area contributed by atoms with Crippen molar-refractivity contribution in [3.63, 3.8) is 0 Å². The molecule has 0 aliphatic heterocycles. The molecule has 0 aromatic carbocycles. The Bertz CT molecular complexity index is 520. The SMILES string of the molecule is CCCn1nccc1C(=O)c1cc(C)c(C)s1. The molecule has 4 heteroatoms. The molecule has 0 aliphatic carbocycles. The summed E-state index contributed by atoms with van der Waals surface area (Å²) < 4.78 is 1.78. The fraction of sp³-hybridized carbons (Fsp3) is 0.385. The number of carbonyl (C=O) groups excluding carboxylic acids is 1. The Hall–Kier alpha value is -1.42. The molecular weight excluding hydrogens is 232 g/mol. The van der Waals surface area contributed by atoms with Crippen LogP contribution in [0.4, 0.5) is 0 Å². The number of nitrogens with zero attached hydrogens (tertiary/aromatic N) is 2. The Labute approximate surface area is 105 Å². The van der Waals surface area contributed by atoms with Crippen molar-refractivity contribution in [3.05, 3.63) is 39.3 Å². The van der Waals surface area contributed by atoms with E-state index in [2.05, 4.69) is 12.0 Å². The van der Waals surface area contributed by atoms with E-state index in [9.17, 15) is 4.79 Å². The lowest BCUT2D eigenvalue weighted by Gasteiger charge is -2.03. The van der Waals surface area contributed by atoms with Gasteiger partial charge in [-0.15, -0.1) is 11.3 Å². The second kappa shape index (κ2) is 4.84. The second-order valence-electron chi connectivity index (χ2n) is 4.12. The maximum atomic E-state index is 12.3. The molecule has 90 valence electrons. The highest BCUT2D eigenvalue weighted by Gasteiger charge is 2.16. The van der Waals surface area contributed by atoms with Crippen molar-refractivity contribution in [2.24, 2.45) is 0 Å². The van der Waals surface area contributed by atoms with Gasteiger partial charge in [0.25, 0.3) is 0 Å². The van der Waals surface area contributed by atoms with E-state index in [-0.39, 0.29) is 5.78 Å². The zero-order chi connectivity index (χ0) is 12.4. The van der Waals surface area contributed by atoms with E-state index >= 15 is 0 Å². The van der Waals surface area contributed by atoms with Crippen LogP contribution in [-0.2, 0) is 6.54 Å². The van der Waals surface area contributed by atoms with Gasteiger partial charge in [0.15, 0.2) is 0 Å². The molecule has 0 saturated heterocycles. The molecule has 0 amide bonds. The molecule has 0 aliphatic rings. The van der Waals surface area contributed by atoms with Crippen LogP contribution >= 0.6 is 11.3 Å². The molecule has 2 rings (SSSR count). The fourth-order valence-corrected chi connectivity index (χ4v) is 2.71. The lowest BCUT2D eigenvalue weighted by Crippen LogP contribution is -2.10. The van der Waals surface area contributed by atoms with E-state index in [1.807, 2.05) is 19.9 Å². The highest BCUT2D eigenvalue weighted by atomic mass is 32.1. The average molecular weight is 248 g/mol. The van der Waals surface area contributed by atoms with Crippen molar-refractivity contribution < 1.29 is 4.79 Å². The van der Waals surface area contributed by atoms with Crippen LogP contribution in [0.5, 0.6) is 0 Å². The van der Waals surface area contributed by atoms with Gasteiger partial charge in [0.1, 0.15) is 5.69 Å². The molecule has 0 saturated carbocycles. The third-order valence-corrected chi connectivity index (χ3v) is 3.93. The summed E-state index contributed by atoms with van der Waals surface area (Å²) in [6.07, 6.45) is 2.67. The molecular formula is C13H16N2OS. The van der Waals surface area contributed by atoms with Gasteiger partial charge < -0.3 is 0 Å². The Balaban J connectivity index is 2.33. The smallest absolute Gasteiger partial charge is 0.220 e. The van der Waals surface area contributed by atoms with Crippen molar-refractivity contribution in [2.75, 3.05) is 0 Å². The molecule has 0 radical (unpaired) electrons.